The molecule has 0 bridgehead atoms. The van der Waals surface area contributed by atoms with Crippen molar-refractivity contribution in [3.8, 4) is 0 Å². The molecule has 0 radical (unpaired) electrons. The molecule has 0 aromatic carbocycles. The van der Waals surface area contributed by atoms with Gasteiger partial charge in [0.05, 0.1) is 31.0 Å². The molecule has 6 nitrogen and oxygen atoms in total. The highest BCUT2D eigenvalue weighted by Gasteiger charge is 2.41. The average molecular weight is 482 g/mol. The zero-order valence-corrected chi connectivity index (χ0v) is 21.5. The third-order valence-electron chi connectivity index (χ3n) is 7.96. The fourth-order valence-corrected chi connectivity index (χ4v) is 6.61. The maximum absolute atomic E-state index is 5.92. The zero-order chi connectivity index (χ0) is 23.5. The third-order valence-corrected chi connectivity index (χ3v) is 8.31. The predicted molar refractivity (Wildman–Crippen MR) is 140 cm³/mol. The van der Waals surface area contributed by atoms with Crippen molar-refractivity contribution >= 4 is 17.3 Å². The molecule has 0 spiro atoms. The van der Waals surface area contributed by atoms with Crippen molar-refractivity contribution in [2.75, 3.05) is 39.4 Å². The molecule has 2 aromatic rings. The molecular formula is C27H39N5OS. The van der Waals surface area contributed by atoms with Crippen LogP contribution in [0, 0.1) is 13.8 Å². The van der Waals surface area contributed by atoms with E-state index in [2.05, 4.69) is 51.7 Å². The van der Waals surface area contributed by atoms with Gasteiger partial charge in [0.2, 0.25) is 0 Å². The second-order valence-corrected chi connectivity index (χ2v) is 10.5. The van der Waals surface area contributed by atoms with Crippen LogP contribution in [0.1, 0.15) is 79.3 Å². The van der Waals surface area contributed by atoms with Gasteiger partial charge < -0.3 is 19.5 Å². The molecule has 1 N–H and O–H groups in total. The molecule has 1 saturated carbocycles. The topological polar surface area (TPSA) is 45.6 Å². The van der Waals surface area contributed by atoms with Crippen molar-refractivity contribution in [1.82, 2.24) is 24.7 Å². The van der Waals surface area contributed by atoms with Crippen molar-refractivity contribution in [2.45, 2.75) is 70.5 Å². The Hall–Kier alpha value is -1.96. The molecule has 184 valence electrons. The fraction of sp³-hybridized carbons (Fsp3) is 0.630. The summed E-state index contributed by atoms with van der Waals surface area (Å²) >= 11 is 5.92. The molecule has 2 aromatic heterocycles. The molecule has 7 heteroatoms. The molecule has 2 saturated heterocycles. The Kier molecular flexibility index (Phi) is 7.52. The van der Waals surface area contributed by atoms with Crippen LogP contribution in [-0.2, 0) is 4.74 Å². The Morgan fingerprint density at radius 1 is 1.09 bits per heavy atom. The summed E-state index contributed by atoms with van der Waals surface area (Å²) in [7, 11) is 0. The summed E-state index contributed by atoms with van der Waals surface area (Å²) in [6, 6.07) is 9.48. The number of nitrogens with zero attached hydrogens (tertiary/aromatic N) is 4. The quantitative estimate of drug-likeness (QED) is 0.579. The first-order chi connectivity index (χ1) is 16.6. The first kappa shape index (κ1) is 23.8. The van der Waals surface area contributed by atoms with Gasteiger partial charge in [-0.3, -0.25) is 9.88 Å². The number of pyridine rings is 1. The van der Waals surface area contributed by atoms with Gasteiger partial charge in [-0.05, 0) is 69.1 Å². The Bertz CT molecular complexity index is 965. The van der Waals surface area contributed by atoms with E-state index in [1.807, 2.05) is 12.3 Å². The highest BCUT2D eigenvalue weighted by Crippen LogP contribution is 2.42. The summed E-state index contributed by atoms with van der Waals surface area (Å²) in [5.74, 6) is 0. The summed E-state index contributed by atoms with van der Waals surface area (Å²) in [4.78, 5) is 9.67. The lowest BCUT2D eigenvalue weighted by Crippen LogP contribution is -2.39. The second-order valence-electron chi connectivity index (χ2n) is 10.1. The van der Waals surface area contributed by atoms with E-state index in [0.717, 1.165) is 56.6 Å². The summed E-state index contributed by atoms with van der Waals surface area (Å²) in [5, 5.41) is 4.50. The van der Waals surface area contributed by atoms with Crippen molar-refractivity contribution in [2.24, 2.45) is 0 Å². The Balaban J connectivity index is 1.42. The monoisotopic (exact) mass is 481 g/mol. The lowest BCUT2D eigenvalue weighted by Gasteiger charge is -2.31. The molecule has 2 atom stereocenters. The lowest BCUT2D eigenvalue weighted by molar-refractivity contribution is 0.0365. The van der Waals surface area contributed by atoms with Gasteiger partial charge in [0.25, 0.3) is 0 Å². The van der Waals surface area contributed by atoms with Crippen LogP contribution in [0.4, 0.5) is 0 Å². The van der Waals surface area contributed by atoms with Gasteiger partial charge in [-0.25, -0.2) is 0 Å². The lowest BCUT2D eigenvalue weighted by atomic mass is 9.94. The van der Waals surface area contributed by atoms with Crippen LogP contribution in [0.25, 0.3) is 0 Å². The van der Waals surface area contributed by atoms with E-state index in [0.29, 0.717) is 6.04 Å². The van der Waals surface area contributed by atoms with Gasteiger partial charge >= 0.3 is 0 Å². The molecule has 0 unspecified atom stereocenters. The van der Waals surface area contributed by atoms with Gasteiger partial charge in [0, 0.05) is 49.8 Å². The minimum absolute atomic E-state index is 0.0670. The molecule has 3 aliphatic rings. The number of thiocarbonyl (C=S) groups is 1. The Morgan fingerprint density at radius 2 is 1.88 bits per heavy atom. The van der Waals surface area contributed by atoms with Crippen molar-refractivity contribution < 1.29 is 4.74 Å². The van der Waals surface area contributed by atoms with E-state index in [9.17, 15) is 0 Å². The van der Waals surface area contributed by atoms with Gasteiger partial charge in [0.1, 0.15) is 0 Å². The van der Waals surface area contributed by atoms with Crippen molar-refractivity contribution in [1.29, 1.82) is 0 Å². The highest BCUT2D eigenvalue weighted by atomic mass is 32.1. The van der Waals surface area contributed by atoms with E-state index in [4.69, 9.17) is 21.9 Å². The molecule has 34 heavy (non-hydrogen) atoms. The first-order valence-electron chi connectivity index (χ1n) is 13.1. The van der Waals surface area contributed by atoms with E-state index < -0.39 is 0 Å². The Morgan fingerprint density at radius 3 is 2.62 bits per heavy atom. The van der Waals surface area contributed by atoms with Gasteiger partial charge in [-0.15, -0.1) is 0 Å². The molecule has 3 fully saturated rings. The normalized spacial score (nSPS) is 24.5. The van der Waals surface area contributed by atoms with Crippen LogP contribution in [0.3, 0.4) is 0 Å². The Labute approximate surface area is 209 Å². The second kappa shape index (κ2) is 10.8. The largest absolute Gasteiger partial charge is 0.379 e. The molecule has 1 aliphatic carbocycles. The van der Waals surface area contributed by atoms with Crippen molar-refractivity contribution in [3.63, 3.8) is 0 Å². The van der Waals surface area contributed by atoms with Gasteiger partial charge in [-0.2, -0.15) is 0 Å². The van der Waals surface area contributed by atoms with Crippen LogP contribution in [0.2, 0.25) is 0 Å². The predicted octanol–water partition coefficient (Wildman–Crippen LogP) is 4.70. The molecular weight excluding hydrogens is 442 g/mol. The van der Waals surface area contributed by atoms with E-state index in [-0.39, 0.29) is 12.1 Å². The minimum atomic E-state index is 0.0670. The molecule has 4 heterocycles. The summed E-state index contributed by atoms with van der Waals surface area (Å²) in [6.45, 7) is 10.4. The number of rotatable bonds is 7. The molecule has 2 aliphatic heterocycles. The number of nitrogens with one attached hydrogen (secondary N) is 1. The summed E-state index contributed by atoms with van der Waals surface area (Å²) < 4.78 is 8.14. The van der Waals surface area contributed by atoms with Crippen LogP contribution in [0.5, 0.6) is 0 Å². The first-order valence-corrected chi connectivity index (χ1v) is 13.5. The number of aromatic nitrogens is 2. The maximum Gasteiger partial charge on any atom is 0.170 e. The van der Waals surface area contributed by atoms with E-state index >= 15 is 0 Å². The standard InChI is InChI=1S/C27H39N5OS/c1-20-19-23(21(2)32(20)22-9-4-3-5-10-22)26-25(24-11-6-7-12-28-24)29-27(34)31(26)14-8-13-30-15-17-33-18-16-30/h6-7,11-12,19,22,25-26H,3-5,8-10,13-18H2,1-2H3,(H,29,34)/t25-,26+/m1/s1. The molecule has 5 rings (SSSR count). The number of ether oxygens (including phenoxy) is 1. The number of hydrogen-bond acceptors (Lipinski definition) is 4. The fourth-order valence-electron chi connectivity index (χ4n) is 6.28. The third kappa shape index (κ3) is 4.88. The minimum Gasteiger partial charge on any atom is -0.379 e. The summed E-state index contributed by atoms with van der Waals surface area (Å²) in [5.41, 5.74) is 5.25. The van der Waals surface area contributed by atoms with Gasteiger partial charge in [-0.1, -0.05) is 25.3 Å². The van der Waals surface area contributed by atoms with E-state index in [1.165, 1.54) is 49.1 Å². The SMILES string of the molecule is Cc1cc([C@H]2[C@@H](c3ccccn3)NC(=S)N2CCCN2CCOCC2)c(C)n1C1CCCCC1. The molecule has 0 amide bonds. The van der Waals surface area contributed by atoms with Gasteiger partial charge in [0.15, 0.2) is 5.11 Å². The summed E-state index contributed by atoms with van der Waals surface area (Å²) in [6.07, 6.45) is 9.64. The number of aryl methyl sites for hydroxylation is 1. The van der Waals surface area contributed by atoms with Crippen molar-refractivity contribution in [3.05, 3.63) is 53.1 Å². The van der Waals surface area contributed by atoms with Crippen LogP contribution >= 0.6 is 12.2 Å². The highest BCUT2D eigenvalue weighted by molar-refractivity contribution is 7.80. The van der Waals surface area contributed by atoms with Crippen LogP contribution in [0.15, 0.2) is 30.5 Å². The zero-order valence-electron chi connectivity index (χ0n) is 20.7. The maximum atomic E-state index is 5.92. The van der Waals surface area contributed by atoms with Crippen LogP contribution < -0.4 is 5.32 Å². The van der Waals surface area contributed by atoms with E-state index in [1.54, 1.807) is 0 Å². The number of hydrogen-bond donors (Lipinski definition) is 1. The average Bonchev–Trinajstić information content (AvgIpc) is 3.35. The smallest absolute Gasteiger partial charge is 0.170 e. The number of morpholine rings is 1. The van der Waals surface area contributed by atoms with Crippen LogP contribution in [-0.4, -0.2) is 63.9 Å².